The van der Waals surface area contributed by atoms with Gasteiger partial charge in [-0.25, -0.2) is 4.98 Å². The highest BCUT2D eigenvalue weighted by Crippen LogP contribution is 2.38. The molecule has 3 aromatic rings. The van der Waals surface area contributed by atoms with Crippen molar-refractivity contribution in [1.82, 2.24) is 4.98 Å². The highest BCUT2D eigenvalue weighted by molar-refractivity contribution is 7.17. The van der Waals surface area contributed by atoms with Gasteiger partial charge >= 0.3 is 0 Å². The lowest BCUT2D eigenvalue weighted by Crippen LogP contribution is -2.38. The number of nitrogens with two attached hydrogens (primary N) is 1. The lowest BCUT2D eigenvalue weighted by Gasteiger charge is -2.30. The zero-order valence-electron chi connectivity index (χ0n) is 14.6. The molecule has 2 aromatic heterocycles. The van der Waals surface area contributed by atoms with Crippen LogP contribution in [0.2, 0.25) is 0 Å². The number of amides is 2. The molecule has 0 bridgehead atoms. The number of rotatable bonds is 3. The van der Waals surface area contributed by atoms with E-state index in [1.54, 1.807) is 17.0 Å². The Balaban J connectivity index is 1.70. The molecule has 2 N–H and O–H groups in total. The van der Waals surface area contributed by atoms with Gasteiger partial charge in [0, 0.05) is 11.1 Å². The maximum atomic E-state index is 13.0. The number of thiophene rings is 1. The molecule has 0 saturated heterocycles. The third-order valence-corrected chi connectivity index (χ3v) is 5.47. The maximum absolute atomic E-state index is 13.0. The molecule has 0 fully saturated rings. The SMILES string of the molecule is N#Cc1ccc(C(=O)N2CCOc3ccc(-c4ccc(C(N)=O)s4)cc32)cn1. The van der Waals surface area contributed by atoms with Crippen molar-refractivity contribution in [1.29, 1.82) is 5.26 Å². The average molecular weight is 390 g/mol. The van der Waals surface area contributed by atoms with Gasteiger partial charge in [-0.2, -0.15) is 5.26 Å². The summed E-state index contributed by atoms with van der Waals surface area (Å²) in [6, 6.07) is 14.1. The van der Waals surface area contributed by atoms with E-state index in [0.717, 1.165) is 10.4 Å². The van der Waals surface area contributed by atoms with Crippen LogP contribution in [0.1, 0.15) is 25.7 Å². The van der Waals surface area contributed by atoms with Crippen molar-refractivity contribution < 1.29 is 14.3 Å². The largest absolute Gasteiger partial charge is 0.490 e. The molecule has 28 heavy (non-hydrogen) atoms. The van der Waals surface area contributed by atoms with Crippen molar-refractivity contribution in [3.05, 3.63) is 64.8 Å². The van der Waals surface area contributed by atoms with Gasteiger partial charge in [-0.05, 0) is 48.0 Å². The van der Waals surface area contributed by atoms with Gasteiger partial charge in [-0.3, -0.25) is 9.59 Å². The number of nitriles is 1. The Morgan fingerprint density at radius 2 is 2.07 bits per heavy atom. The molecular weight excluding hydrogens is 376 g/mol. The molecule has 4 rings (SSSR count). The minimum absolute atomic E-state index is 0.220. The van der Waals surface area contributed by atoms with E-state index in [2.05, 4.69) is 4.98 Å². The molecule has 0 atom stereocenters. The van der Waals surface area contributed by atoms with E-state index in [9.17, 15) is 9.59 Å². The van der Waals surface area contributed by atoms with E-state index in [-0.39, 0.29) is 11.6 Å². The smallest absolute Gasteiger partial charge is 0.260 e. The summed E-state index contributed by atoms with van der Waals surface area (Å²) < 4.78 is 5.69. The van der Waals surface area contributed by atoms with E-state index in [1.807, 2.05) is 30.3 Å². The Morgan fingerprint density at radius 3 is 2.75 bits per heavy atom. The molecule has 7 nitrogen and oxygen atoms in total. The lowest BCUT2D eigenvalue weighted by atomic mass is 10.1. The van der Waals surface area contributed by atoms with Crippen LogP contribution in [-0.2, 0) is 0 Å². The van der Waals surface area contributed by atoms with Crippen LogP contribution in [-0.4, -0.2) is 29.9 Å². The van der Waals surface area contributed by atoms with Gasteiger partial charge in [0.1, 0.15) is 24.1 Å². The second kappa shape index (κ2) is 7.13. The Labute approximate surface area is 164 Å². The van der Waals surface area contributed by atoms with Crippen LogP contribution < -0.4 is 15.4 Å². The molecule has 138 valence electrons. The van der Waals surface area contributed by atoms with Crippen LogP contribution >= 0.6 is 11.3 Å². The molecule has 0 aliphatic carbocycles. The van der Waals surface area contributed by atoms with Gasteiger partial charge in [0.25, 0.3) is 11.8 Å². The van der Waals surface area contributed by atoms with Crippen molar-refractivity contribution in [2.24, 2.45) is 5.73 Å². The van der Waals surface area contributed by atoms with Crippen LogP contribution in [0.25, 0.3) is 10.4 Å². The summed E-state index contributed by atoms with van der Waals surface area (Å²) in [6.45, 7) is 0.777. The normalized spacial score (nSPS) is 12.6. The van der Waals surface area contributed by atoms with E-state index >= 15 is 0 Å². The molecule has 0 radical (unpaired) electrons. The van der Waals surface area contributed by atoms with Crippen LogP contribution in [0.5, 0.6) is 5.75 Å². The highest BCUT2D eigenvalue weighted by atomic mass is 32.1. The monoisotopic (exact) mass is 390 g/mol. The lowest BCUT2D eigenvalue weighted by molar-refractivity contribution is 0.0974. The predicted molar refractivity (Wildman–Crippen MR) is 104 cm³/mol. The van der Waals surface area contributed by atoms with E-state index in [0.29, 0.717) is 35.0 Å². The average Bonchev–Trinajstić information content (AvgIpc) is 3.23. The number of hydrogen-bond donors (Lipinski definition) is 1. The second-order valence-electron chi connectivity index (χ2n) is 6.06. The first-order valence-corrected chi connectivity index (χ1v) is 9.23. The Bertz CT molecular complexity index is 1120. The van der Waals surface area contributed by atoms with Crippen LogP contribution in [0, 0.1) is 11.3 Å². The van der Waals surface area contributed by atoms with Gasteiger partial charge in [0.05, 0.1) is 22.7 Å². The minimum Gasteiger partial charge on any atom is -0.490 e. The van der Waals surface area contributed by atoms with Gasteiger partial charge in [-0.15, -0.1) is 11.3 Å². The van der Waals surface area contributed by atoms with E-state index < -0.39 is 5.91 Å². The van der Waals surface area contributed by atoms with Crippen molar-refractivity contribution >= 4 is 28.8 Å². The Kier molecular flexibility index (Phi) is 4.51. The van der Waals surface area contributed by atoms with Crippen molar-refractivity contribution in [2.75, 3.05) is 18.1 Å². The first kappa shape index (κ1) is 17.7. The number of anilines is 1. The number of carbonyl (C=O) groups excluding carboxylic acids is 2. The number of benzene rings is 1. The fraction of sp³-hybridized carbons (Fsp3) is 0.100. The summed E-state index contributed by atoms with van der Waals surface area (Å²) in [6.07, 6.45) is 1.40. The number of aromatic nitrogens is 1. The molecule has 2 amide bonds. The minimum atomic E-state index is -0.470. The van der Waals surface area contributed by atoms with Crippen molar-refractivity contribution in [3.8, 4) is 22.3 Å². The number of nitrogens with zero attached hydrogens (tertiary/aromatic N) is 3. The molecular formula is C20H14N4O3S. The summed E-state index contributed by atoms with van der Waals surface area (Å²) >= 11 is 1.30. The number of primary amides is 1. The topological polar surface area (TPSA) is 109 Å². The number of hydrogen-bond acceptors (Lipinski definition) is 6. The number of fused-ring (bicyclic) bond motifs is 1. The Morgan fingerprint density at radius 1 is 1.21 bits per heavy atom. The summed E-state index contributed by atoms with van der Waals surface area (Å²) in [5.41, 5.74) is 7.49. The predicted octanol–water partition coefficient (Wildman–Crippen LogP) is 2.82. The molecule has 1 aliphatic rings. The van der Waals surface area contributed by atoms with Gasteiger partial charge in [0.15, 0.2) is 0 Å². The molecule has 0 saturated carbocycles. The summed E-state index contributed by atoms with van der Waals surface area (Å²) in [7, 11) is 0. The van der Waals surface area contributed by atoms with Crippen molar-refractivity contribution in [3.63, 3.8) is 0 Å². The zero-order chi connectivity index (χ0) is 19.7. The zero-order valence-corrected chi connectivity index (χ0v) is 15.4. The molecule has 0 unspecified atom stereocenters. The second-order valence-corrected chi connectivity index (χ2v) is 7.14. The van der Waals surface area contributed by atoms with Crippen molar-refractivity contribution in [2.45, 2.75) is 0 Å². The van der Waals surface area contributed by atoms with Gasteiger partial charge < -0.3 is 15.4 Å². The molecule has 1 aromatic carbocycles. The Hall–Kier alpha value is -3.70. The molecule has 8 heteroatoms. The molecule has 1 aliphatic heterocycles. The highest BCUT2D eigenvalue weighted by Gasteiger charge is 2.25. The number of carbonyl (C=O) groups is 2. The number of pyridine rings is 1. The number of ether oxygens (including phenoxy) is 1. The van der Waals surface area contributed by atoms with Crippen LogP contribution in [0.15, 0.2) is 48.7 Å². The summed E-state index contributed by atoms with van der Waals surface area (Å²) in [4.78, 5) is 31.3. The fourth-order valence-electron chi connectivity index (χ4n) is 2.95. The molecule has 3 heterocycles. The van der Waals surface area contributed by atoms with E-state index in [1.165, 1.54) is 23.6 Å². The molecule has 0 spiro atoms. The quantitative estimate of drug-likeness (QED) is 0.739. The third kappa shape index (κ3) is 3.19. The van der Waals surface area contributed by atoms with Crippen LogP contribution in [0.4, 0.5) is 5.69 Å². The standard InChI is InChI=1S/C20H14N4O3S/c21-10-14-3-1-13(11-23-14)20(26)24-7-8-27-16-4-2-12(9-15(16)24)17-5-6-18(28-17)19(22)25/h1-6,9,11H,7-8H2,(H2,22,25). The van der Waals surface area contributed by atoms with Gasteiger partial charge in [0.2, 0.25) is 0 Å². The first-order valence-electron chi connectivity index (χ1n) is 8.41. The van der Waals surface area contributed by atoms with Crippen LogP contribution in [0.3, 0.4) is 0 Å². The maximum Gasteiger partial charge on any atom is 0.260 e. The summed E-state index contributed by atoms with van der Waals surface area (Å²) in [5, 5.41) is 8.87. The van der Waals surface area contributed by atoms with E-state index in [4.69, 9.17) is 15.7 Å². The van der Waals surface area contributed by atoms with Gasteiger partial charge in [-0.1, -0.05) is 0 Å². The fourth-order valence-corrected chi connectivity index (χ4v) is 3.80. The first-order chi connectivity index (χ1) is 13.6. The third-order valence-electron chi connectivity index (χ3n) is 4.33. The summed E-state index contributed by atoms with van der Waals surface area (Å²) in [5.74, 6) is -0.0815.